The molecule has 1 heterocycles. The highest BCUT2D eigenvalue weighted by Crippen LogP contribution is 2.07. The van der Waals surface area contributed by atoms with Crippen LogP contribution in [0.2, 0.25) is 0 Å². The Morgan fingerprint density at radius 3 is 2.65 bits per heavy atom. The van der Waals surface area contributed by atoms with Crippen LogP contribution >= 0.6 is 0 Å². The average Bonchev–Trinajstić information content (AvgIpc) is 2.47. The van der Waals surface area contributed by atoms with E-state index >= 15 is 0 Å². The predicted octanol–water partition coefficient (Wildman–Crippen LogP) is 3.00. The Morgan fingerprint density at radius 2 is 1.90 bits per heavy atom. The first kappa shape index (κ1) is 14.2. The molecule has 0 fully saturated rings. The molecule has 20 heavy (non-hydrogen) atoms. The molecule has 0 aliphatic rings. The first-order valence-corrected chi connectivity index (χ1v) is 7.01. The first-order valence-electron chi connectivity index (χ1n) is 7.01. The third kappa shape index (κ3) is 4.50. The number of rotatable bonds is 7. The topological polar surface area (TPSA) is 62.7 Å². The first-order chi connectivity index (χ1) is 9.78. The summed E-state index contributed by atoms with van der Waals surface area (Å²) >= 11 is 0. The molecule has 0 saturated heterocycles. The molecule has 0 aliphatic heterocycles. The Hall–Kier alpha value is -2.17. The van der Waals surface area contributed by atoms with Crippen LogP contribution in [-0.4, -0.2) is 21.7 Å². The van der Waals surface area contributed by atoms with Gasteiger partial charge in [-0.05, 0) is 18.9 Å². The van der Waals surface area contributed by atoms with E-state index in [4.69, 9.17) is 0 Å². The molecule has 106 valence electrons. The SMILES string of the molecule is CCCCNc1cnnc(NCc2ccc(C)cc2)n1. The number of hydrogen-bond acceptors (Lipinski definition) is 5. The van der Waals surface area contributed by atoms with E-state index in [-0.39, 0.29) is 0 Å². The van der Waals surface area contributed by atoms with Crippen LogP contribution in [0.3, 0.4) is 0 Å². The zero-order valence-corrected chi connectivity index (χ0v) is 12.1. The maximum atomic E-state index is 4.38. The fourth-order valence-corrected chi connectivity index (χ4v) is 1.74. The van der Waals surface area contributed by atoms with Crippen molar-refractivity contribution in [3.63, 3.8) is 0 Å². The van der Waals surface area contributed by atoms with Crippen molar-refractivity contribution in [3.05, 3.63) is 41.6 Å². The number of anilines is 2. The van der Waals surface area contributed by atoms with E-state index in [2.05, 4.69) is 63.9 Å². The van der Waals surface area contributed by atoms with E-state index in [1.54, 1.807) is 6.20 Å². The highest BCUT2D eigenvalue weighted by atomic mass is 15.3. The van der Waals surface area contributed by atoms with Crippen LogP contribution in [0.5, 0.6) is 0 Å². The average molecular weight is 271 g/mol. The number of aryl methyl sites for hydroxylation is 1. The summed E-state index contributed by atoms with van der Waals surface area (Å²) in [5.74, 6) is 1.31. The minimum Gasteiger partial charge on any atom is -0.369 e. The molecule has 0 amide bonds. The van der Waals surface area contributed by atoms with Crippen molar-refractivity contribution in [1.29, 1.82) is 0 Å². The molecule has 1 aromatic carbocycles. The lowest BCUT2D eigenvalue weighted by molar-refractivity contribution is 0.826. The van der Waals surface area contributed by atoms with E-state index in [9.17, 15) is 0 Å². The van der Waals surface area contributed by atoms with Gasteiger partial charge in [-0.15, -0.1) is 5.10 Å². The van der Waals surface area contributed by atoms with Crippen LogP contribution in [0.25, 0.3) is 0 Å². The van der Waals surface area contributed by atoms with Gasteiger partial charge in [0.2, 0.25) is 5.95 Å². The highest BCUT2D eigenvalue weighted by Gasteiger charge is 2.00. The lowest BCUT2D eigenvalue weighted by atomic mass is 10.1. The molecule has 0 unspecified atom stereocenters. The second kappa shape index (κ2) is 7.43. The van der Waals surface area contributed by atoms with Gasteiger partial charge >= 0.3 is 0 Å². The maximum Gasteiger partial charge on any atom is 0.244 e. The fourth-order valence-electron chi connectivity index (χ4n) is 1.74. The second-order valence-electron chi connectivity index (χ2n) is 4.78. The van der Waals surface area contributed by atoms with Gasteiger partial charge < -0.3 is 10.6 Å². The minimum absolute atomic E-state index is 0.548. The molecule has 0 saturated carbocycles. The zero-order valence-electron chi connectivity index (χ0n) is 12.1. The van der Waals surface area contributed by atoms with E-state index in [1.807, 2.05) is 0 Å². The Morgan fingerprint density at radius 1 is 1.10 bits per heavy atom. The summed E-state index contributed by atoms with van der Waals surface area (Å²) in [4.78, 5) is 4.38. The summed E-state index contributed by atoms with van der Waals surface area (Å²) < 4.78 is 0. The molecule has 5 heteroatoms. The van der Waals surface area contributed by atoms with Gasteiger partial charge in [-0.2, -0.15) is 10.1 Å². The molecule has 0 atom stereocenters. The Kier molecular flexibility index (Phi) is 5.29. The molecule has 1 aromatic heterocycles. The normalized spacial score (nSPS) is 10.3. The lowest BCUT2D eigenvalue weighted by Crippen LogP contribution is -2.08. The van der Waals surface area contributed by atoms with E-state index < -0.39 is 0 Å². The molecule has 0 aliphatic carbocycles. The van der Waals surface area contributed by atoms with Crippen LogP contribution in [0.15, 0.2) is 30.5 Å². The Labute approximate surface area is 119 Å². The van der Waals surface area contributed by atoms with E-state index in [0.717, 1.165) is 25.2 Å². The smallest absolute Gasteiger partial charge is 0.244 e. The molecule has 5 nitrogen and oxygen atoms in total. The standard InChI is InChI=1S/C15H21N5/c1-3-4-9-16-14-11-18-20-15(19-14)17-10-13-7-5-12(2)6-8-13/h5-8,11H,3-4,9-10H2,1-2H3,(H2,16,17,19,20). The largest absolute Gasteiger partial charge is 0.369 e. The summed E-state index contributed by atoms with van der Waals surface area (Å²) in [7, 11) is 0. The van der Waals surface area contributed by atoms with Crippen molar-refractivity contribution in [1.82, 2.24) is 15.2 Å². The van der Waals surface area contributed by atoms with Gasteiger partial charge in [0.25, 0.3) is 0 Å². The molecular formula is C15H21N5. The van der Waals surface area contributed by atoms with Crippen molar-refractivity contribution in [2.75, 3.05) is 17.2 Å². The maximum absolute atomic E-state index is 4.38. The van der Waals surface area contributed by atoms with Crippen molar-refractivity contribution in [2.24, 2.45) is 0 Å². The Balaban J connectivity index is 1.89. The van der Waals surface area contributed by atoms with Gasteiger partial charge in [0.1, 0.15) is 5.82 Å². The number of benzene rings is 1. The van der Waals surface area contributed by atoms with Crippen molar-refractivity contribution in [3.8, 4) is 0 Å². The van der Waals surface area contributed by atoms with Gasteiger partial charge in [-0.25, -0.2) is 0 Å². The van der Waals surface area contributed by atoms with E-state index in [0.29, 0.717) is 12.5 Å². The quantitative estimate of drug-likeness (QED) is 0.758. The number of hydrogen-bond donors (Lipinski definition) is 2. The van der Waals surface area contributed by atoms with Crippen molar-refractivity contribution in [2.45, 2.75) is 33.2 Å². The van der Waals surface area contributed by atoms with E-state index in [1.165, 1.54) is 11.1 Å². The summed E-state index contributed by atoms with van der Waals surface area (Å²) in [6.45, 7) is 5.84. The summed E-state index contributed by atoms with van der Waals surface area (Å²) in [5, 5.41) is 14.4. The second-order valence-corrected chi connectivity index (χ2v) is 4.78. The number of aromatic nitrogens is 3. The van der Waals surface area contributed by atoms with Crippen LogP contribution in [0.4, 0.5) is 11.8 Å². The number of nitrogens with one attached hydrogen (secondary N) is 2. The molecule has 2 rings (SSSR count). The molecule has 2 aromatic rings. The van der Waals surface area contributed by atoms with Crippen LogP contribution in [-0.2, 0) is 6.54 Å². The van der Waals surface area contributed by atoms with Gasteiger partial charge in [0.15, 0.2) is 0 Å². The third-order valence-corrected chi connectivity index (χ3v) is 2.97. The summed E-state index contributed by atoms with van der Waals surface area (Å²) in [6.07, 6.45) is 3.92. The number of nitrogens with zero attached hydrogens (tertiary/aromatic N) is 3. The fraction of sp³-hybridized carbons (Fsp3) is 0.400. The molecule has 0 spiro atoms. The minimum atomic E-state index is 0.548. The van der Waals surface area contributed by atoms with Crippen LogP contribution in [0, 0.1) is 6.92 Å². The van der Waals surface area contributed by atoms with Crippen LogP contribution < -0.4 is 10.6 Å². The van der Waals surface area contributed by atoms with Gasteiger partial charge in [-0.3, -0.25) is 0 Å². The lowest BCUT2D eigenvalue weighted by Gasteiger charge is -2.07. The predicted molar refractivity (Wildman–Crippen MR) is 81.7 cm³/mol. The van der Waals surface area contributed by atoms with Crippen molar-refractivity contribution < 1.29 is 0 Å². The molecule has 0 bridgehead atoms. The van der Waals surface area contributed by atoms with Gasteiger partial charge in [0.05, 0.1) is 6.20 Å². The van der Waals surface area contributed by atoms with Crippen molar-refractivity contribution >= 4 is 11.8 Å². The highest BCUT2D eigenvalue weighted by molar-refractivity contribution is 5.37. The number of unbranched alkanes of at least 4 members (excludes halogenated alkanes) is 1. The van der Waals surface area contributed by atoms with Crippen LogP contribution in [0.1, 0.15) is 30.9 Å². The molecule has 2 N–H and O–H groups in total. The Bertz CT molecular complexity index is 524. The molecular weight excluding hydrogens is 250 g/mol. The third-order valence-electron chi connectivity index (χ3n) is 2.97. The zero-order chi connectivity index (χ0) is 14.2. The van der Waals surface area contributed by atoms with Gasteiger partial charge in [0, 0.05) is 13.1 Å². The molecule has 0 radical (unpaired) electrons. The summed E-state index contributed by atoms with van der Waals surface area (Å²) in [5.41, 5.74) is 2.46. The van der Waals surface area contributed by atoms with Gasteiger partial charge in [-0.1, -0.05) is 43.2 Å². The monoisotopic (exact) mass is 271 g/mol. The summed E-state index contributed by atoms with van der Waals surface area (Å²) in [6, 6.07) is 8.38.